The SMILES string of the molecule is Cc1cccc(C)n1.[F][Pd+].[c-]1ccccc1-c1ccccn1. The number of nitrogens with zero attached hydrogens (tertiary/aromatic N) is 2. The van der Waals surface area contributed by atoms with E-state index < -0.39 is 0 Å². The van der Waals surface area contributed by atoms with Crippen molar-refractivity contribution in [1.82, 2.24) is 9.97 Å². The van der Waals surface area contributed by atoms with Crippen LogP contribution in [0.25, 0.3) is 11.3 Å². The summed E-state index contributed by atoms with van der Waals surface area (Å²) in [7, 11) is 0. The van der Waals surface area contributed by atoms with Crippen LogP contribution in [-0.4, -0.2) is 9.97 Å². The topological polar surface area (TPSA) is 25.8 Å². The van der Waals surface area contributed by atoms with E-state index in [1.807, 2.05) is 74.5 Å². The molecule has 0 saturated carbocycles. The van der Waals surface area contributed by atoms with Crippen molar-refractivity contribution < 1.29 is 22.9 Å². The van der Waals surface area contributed by atoms with Gasteiger partial charge < -0.3 is 4.98 Å². The van der Waals surface area contributed by atoms with E-state index in [4.69, 9.17) is 0 Å². The molecule has 0 unspecified atom stereocenters. The van der Waals surface area contributed by atoms with Crippen molar-refractivity contribution >= 4 is 0 Å². The second-order valence-electron chi connectivity index (χ2n) is 4.41. The molecule has 2 nitrogen and oxygen atoms in total. The zero-order valence-corrected chi connectivity index (χ0v) is 14.0. The average Bonchev–Trinajstić information content (AvgIpc) is 2.59. The summed E-state index contributed by atoms with van der Waals surface area (Å²) in [6, 6.07) is 22.8. The van der Waals surface area contributed by atoms with Gasteiger partial charge in [0.05, 0.1) is 0 Å². The summed E-state index contributed by atoms with van der Waals surface area (Å²) in [6.07, 6.45) is 1.79. The molecule has 0 aliphatic rings. The predicted molar refractivity (Wildman–Crippen MR) is 83.3 cm³/mol. The van der Waals surface area contributed by atoms with Crippen LogP contribution in [0.5, 0.6) is 0 Å². The minimum absolute atomic E-state index is 0.970. The molecular weight excluding hydrogens is 370 g/mol. The molecule has 0 amide bonds. The Hall–Kier alpha value is -1.89. The second kappa shape index (κ2) is 10.8. The first-order valence-electron chi connectivity index (χ1n) is 6.66. The van der Waals surface area contributed by atoms with E-state index in [0.29, 0.717) is 0 Å². The van der Waals surface area contributed by atoms with Gasteiger partial charge in [-0.05, 0) is 37.7 Å². The maximum atomic E-state index is 9.35. The minimum Gasteiger partial charge on any atom is -0.305 e. The van der Waals surface area contributed by atoms with Crippen molar-refractivity contribution in [1.29, 1.82) is 0 Å². The van der Waals surface area contributed by atoms with Gasteiger partial charge in [0.1, 0.15) is 0 Å². The number of benzene rings is 1. The maximum absolute atomic E-state index is 9.35. The second-order valence-corrected chi connectivity index (χ2v) is 4.41. The molecule has 0 N–H and O–H groups in total. The zero-order chi connectivity index (χ0) is 16.2. The molecule has 2 heterocycles. The standard InChI is InChI=1S/C11H8N.C7H9N.FH.Pd/c1-2-6-10(7-3-1)11-8-4-5-9-12-11;1-6-4-3-5-7(2)8-6;;/h1-6,8-9H;3-5H,1-2H3;1H;/q-1;;;+2/p-1. The summed E-state index contributed by atoms with van der Waals surface area (Å²) in [5, 5.41) is 0. The van der Waals surface area contributed by atoms with Gasteiger partial charge in [-0.2, -0.15) is 0 Å². The Morgan fingerprint density at radius 3 is 2.00 bits per heavy atom. The van der Waals surface area contributed by atoms with Gasteiger partial charge in [-0.25, -0.2) is 0 Å². The molecule has 3 rings (SSSR count). The number of aryl methyl sites for hydroxylation is 2. The van der Waals surface area contributed by atoms with Crippen molar-refractivity contribution in [2.24, 2.45) is 0 Å². The van der Waals surface area contributed by atoms with Crippen LogP contribution < -0.4 is 0 Å². The van der Waals surface area contributed by atoms with Crippen LogP contribution in [0, 0.1) is 19.9 Å². The molecule has 0 atom stereocenters. The van der Waals surface area contributed by atoms with Gasteiger partial charge in [-0.15, -0.1) is 35.9 Å². The summed E-state index contributed by atoms with van der Waals surface area (Å²) in [5.41, 5.74) is 4.19. The number of rotatable bonds is 1. The smallest absolute Gasteiger partial charge is 0.0160 e. The number of hydrogen-bond donors (Lipinski definition) is 0. The van der Waals surface area contributed by atoms with Crippen LogP contribution >= 0.6 is 0 Å². The zero-order valence-electron chi connectivity index (χ0n) is 12.4. The molecule has 22 heavy (non-hydrogen) atoms. The van der Waals surface area contributed by atoms with Crippen molar-refractivity contribution in [3.63, 3.8) is 0 Å². The average molecular weight is 387 g/mol. The molecule has 0 bridgehead atoms. The Balaban J connectivity index is 0.000000211. The van der Waals surface area contributed by atoms with Gasteiger partial charge in [0, 0.05) is 17.6 Å². The molecule has 0 aliphatic carbocycles. The number of halogens is 1. The first-order chi connectivity index (χ1) is 10.8. The normalized spacial score (nSPS) is 8.95. The Kier molecular flexibility index (Phi) is 8.90. The predicted octanol–water partition coefficient (Wildman–Crippen LogP) is 4.66. The Labute approximate surface area is 142 Å². The first kappa shape index (κ1) is 18.2. The van der Waals surface area contributed by atoms with Crippen LogP contribution in [-0.2, 0) is 19.7 Å². The van der Waals surface area contributed by atoms with E-state index >= 15 is 0 Å². The van der Waals surface area contributed by atoms with Crippen LogP contribution in [0.3, 0.4) is 0 Å². The van der Waals surface area contributed by atoms with Crippen molar-refractivity contribution in [2.45, 2.75) is 13.8 Å². The largest absolute Gasteiger partial charge is 0.305 e. The van der Waals surface area contributed by atoms with E-state index in [1.165, 1.54) is 19.7 Å². The molecule has 1 aromatic carbocycles. The van der Waals surface area contributed by atoms with Crippen LogP contribution in [0.4, 0.5) is 3.22 Å². The summed E-state index contributed by atoms with van der Waals surface area (Å²) in [5.74, 6) is 0. The monoisotopic (exact) mass is 386 g/mol. The fraction of sp³-hybridized carbons (Fsp3) is 0.111. The van der Waals surface area contributed by atoms with Crippen LogP contribution in [0.1, 0.15) is 11.4 Å². The molecule has 4 heteroatoms. The molecule has 3 aromatic rings. The quantitative estimate of drug-likeness (QED) is 0.449. The van der Waals surface area contributed by atoms with Gasteiger partial charge in [0.2, 0.25) is 0 Å². The minimum atomic E-state index is 0.970. The van der Waals surface area contributed by atoms with Gasteiger partial charge >= 0.3 is 22.9 Å². The van der Waals surface area contributed by atoms with E-state index in [1.54, 1.807) is 6.20 Å². The van der Waals surface area contributed by atoms with Crippen molar-refractivity contribution in [3.8, 4) is 11.3 Å². The third kappa shape index (κ3) is 6.71. The van der Waals surface area contributed by atoms with E-state index in [0.717, 1.165) is 22.6 Å². The fourth-order valence-corrected chi connectivity index (χ4v) is 1.75. The van der Waals surface area contributed by atoms with Crippen LogP contribution in [0.2, 0.25) is 0 Å². The maximum Gasteiger partial charge on any atom is 0.0160 e. The van der Waals surface area contributed by atoms with Crippen LogP contribution in [0.15, 0.2) is 66.9 Å². The fourth-order valence-electron chi connectivity index (χ4n) is 1.75. The first-order valence-corrected chi connectivity index (χ1v) is 7.25. The van der Waals surface area contributed by atoms with E-state index in [-0.39, 0.29) is 0 Å². The summed E-state index contributed by atoms with van der Waals surface area (Å²) in [4.78, 5) is 8.39. The van der Waals surface area contributed by atoms with Crippen molar-refractivity contribution in [2.75, 3.05) is 0 Å². The third-order valence-corrected chi connectivity index (χ3v) is 2.68. The number of hydrogen-bond acceptors (Lipinski definition) is 2. The molecular formula is C18H17FN2Pd. The molecule has 0 fully saturated rings. The van der Waals surface area contributed by atoms with Gasteiger partial charge in [0.25, 0.3) is 0 Å². The molecule has 116 valence electrons. The third-order valence-electron chi connectivity index (χ3n) is 2.68. The summed E-state index contributed by atoms with van der Waals surface area (Å²) >= 11 is 1.25. The Bertz CT molecular complexity index is 591. The van der Waals surface area contributed by atoms with Gasteiger partial charge in [0.15, 0.2) is 0 Å². The van der Waals surface area contributed by atoms with Gasteiger partial charge in [-0.3, -0.25) is 4.98 Å². The Morgan fingerprint density at radius 1 is 0.864 bits per heavy atom. The molecule has 0 saturated heterocycles. The molecule has 0 radical (unpaired) electrons. The van der Waals surface area contributed by atoms with E-state index in [2.05, 4.69) is 16.0 Å². The number of aromatic nitrogens is 2. The van der Waals surface area contributed by atoms with Crippen molar-refractivity contribution in [3.05, 3.63) is 84.3 Å². The van der Waals surface area contributed by atoms with Gasteiger partial charge in [-0.1, -0.05) is 18.2 Å². The Morgan fingerprint density at radius 2 is 1.55 bits per heavy atom. The summed E-state index contributed by atoms with van der Waals surface area (Å²) < 4.78 is 9.35. The molecule has 2 aromatic heterocycles. The molecule has 0 spiro atoms. The van der Waals surface area contributed by atoms with E-state index in [9.17, 15) is 3.22 Å². The molecule has 0 aliphatic heterocycles. The summed E-state index contributed by atoms with van der Waals surface area (Å²) in [6.45, 7) is 3.99. The number of pyridine rings is 2.